The highest BCUT2D eigenvalue weighted by Crippen LogP contribution is 1.99. The second-order valence-corrected chi connectivity index (χ2v) is 2.77. The highest BCUT2D eigenvalue weighted by Gasteiger charge is 2.07. The molecule has 0 unspecified atom stereocenters. The molecule has 0 saturated heterocycles. The van der Waals surface area contributed by atoms with E-state index in [0.717, 1.165) is 6.08 Å². The van der Waals surface area contributed by atoms with Gasteiger partial charge in [0.15, 0.2) is 0 Å². The monoisotopic (exact) mass is 201 g/mol. The van der Waals surface area contributed by atoms with Crippen LogP contribution in [0.25, 0.3) is 0 Å². The molecule has 0 aromatic rings. The lowest BCUT2D eigenvalue weighted by Crippen LogP contribution is -2.22. The van der Waals surface area contributed by atoms with Crippen molar-refractivity contribution in [3.05, 3.63) is 11.8 Å². The van der Waals surface area contributed by atoms with E-state index in [0.29, 0.717) is 6.61 Å². The van der Waals surface area contributed by atoms with Gasteiger partial charge >= 0.3 is 12.1 Å². The average Bonchev–Trinajstić information content (AvgIpc) is 2.03. The number of hydrogen-bond donors (Lipinski definition) is 0. The summed E-state index contributed by atoms with van der Waals surface area (Å²) in [6.07, 6.45) is 0.605. The Labute approximate surface area is 83.3 Å². The molecule has 5 heteroatoms. The number of hydrogen-bond acceptors (Lipinski definition) is 4. The van der Waals surface area contributed by atoms with E-state index in [-0.39, 0.29) is 5.76 Å². The quantitative estimate of drug-likeness (QED) is 0.390. The third-order valence-electron chi connectivity index (χ3n) is 1.22. The molecule has 0 rings (SSSR count). The van der Waals surface area contributed by atoms with Gasteiger partial charge in [-0.3, -0.25) is 0 Å². The van der Waals surface area contributed by atoms with E-state index >= 15 is 0 Å². The number of amides is 1. The molecular weight excluding hydrogens is 186 g/mol. The molecule has 0 aliphatic carbocycles. The predicted octanol–water partition coefficient (Wildman–Crippen LogP) is 1.15. The summed E-state index contributed by atoms with van der Waals surface area (Å²) >= 11 is 0. The van der Waals surface area contributed by atoms with Crippen LogP contribution in [0.5, 0.6) is 0 Å². The lowest BCUT2D eigenvalue weighted by atomic mass is 10.5. The minimum absolute atomic E-state index is 0.210. The summed E-state index contributed by atoms with van der Waals surface area (Å²) in [6.45, 7) is 3.51. The van der Waals surface area contributed by atoms with Gasteiger partial charge in [-0.15, -0.1) is 0 Å². The van der Waals surface area contributed by atoms with Crippen LogP contribution < -0.4 is 0 Å². The largest absolute Gasteiger partial charge is 0.463 e. The molecule has 5 nitrogen and oxygen atoms in total. The van der Waals surface area contributed by atoms with Crippen molar-refractivity contribution < 1.29 is 19.1 Å². The Hall–Kier alpha value is -1.52. The van der Waals surface area contributed by atoms with Crippen LogP contribution in [-0.4, -0.2) is 37.7 Å². The van der Waals surface area contributed by atoms with Crippen molar-refractivity contribution in [3.63, 3.8) is 0 Å². The standard InChI is InChI=1S/C9H15NO4/c1-5-13-8(11)6-7(2)14-9(12)10(3)4/h6H,5H2,1-4H3/b7-6+. The van der Waals surface area contributed by atoms with Crippen molar-refractivity contribution in [2.45, 2.75) is 13.8 Å². The van der Waals surface area contributed by atoms with E-state index in [1.807, 2.05) is 0 Å². The fourth-order valence-corrected chi connectivity index (χ4v) is 0.608. The zero-order valence-electron chi connectivity index (χ0n) is 8.86. The summed E-state index contributed by atoms with van der Waals surface area (Å²) in [6, 6.07) is 0. The smallest absolute Gasteiger partial charge is 0.414 e. The summed E-state index contributed by atoms with van der Waals surface area (Å²) in [5, 5.41) is 0. The van der Waals surface area contributed by atoms with E-state index < -0.39 is 12.1 Å². The lowest BCUT2D eigenvalue weighted by molar-refractivity contribution is -0.137. The Morgan fingerprint density at radius 3 is 2.36 bits per heavy atom. The normalized spacial score (nSPS) is 10.7. The fourth-order valence-electron chi connectivity index (χ4n) is 0.608. The van der Waals surface area contributed by atoms with Crippen LogP contribution in [0.2, 0.25) is 0 Å². The lowest BCUT2D eigenvalue weighted by Gasteiger charge is -2.10. The van der Waals surface area contributed by atoms with E-state index in [1.54, 1.807) is 21.0 Å². The highest BCUT2D eigenvalue weighted by atomic mass is 16.6. The molecule has 0 aromatic carbocycles. The molecule has 0 N–H and O–H groups in total. The van der Waals surface area contributed by atoms with Gasteiger partial charge in [0.25, 0.3) is 0 Å². The maximum absolute atomic E-state index is 11.0. The molecule has 80 valence electrons. The predicted molar refractivity (Wildman–Crippen MR) is 50.6 cm³/mol. The van der Waals surface area contributed by atoms with Crippen LogP contribution in [0.1, 0.15) is 13.8 Å². The summed E-state index contributed by atoms with van der Waals surface area (Å²) in [7, 11) is 3.11. The molecule has 0 bridgehead atoms. The first-order valence-corrected chi connectivity index (χ1v) is 4.21. The third kappa shape index (κ3) is 5.18. The van der Waals surface area contributed by atoms with Gasteiger partial charge in [0.1, 0.15) is 5.76 Å². The first kappa shape index (κ1) is 12.5. The van der Waals surface area contributed by atoms with E-state index in [2.05, 4.69) is 4.74 Å². The van der Waals surface area contributed by atoms with Crippen LogP contribution in [0.15, 0.2) is 11.8 Å². The average molecular weight is 201 g/mol. The summed E-state index contributed by atoms with van der Waals surface area (Å²) in [5.41, 5.74) is 0. The number of carbonyl (C=O) groups excluding carboxylic acids is 2. The Morgan fingerprint density at radius 2 is 1.93 bits per heavy atom. The number of rotatable bonds is 3. The van der Waals surface area contributed by atoms with Crippen LogP contribution in [0.3, 0.4) is 0 Å². The van der Waals surface area contributed by atoms with Gasteiger partial charge in [-0.2, -0.15) is 0 Å². The molecule has 1 amide bonds. The van der Waals surface area contributed by atoms with E-state index in [9.17, 15) is 9.59 Å². The molecule has 14 heavy (non-hydrogen) atoms. The molecule has 0 spiro atoms. The van der Waals surface area contributed by atoms with Crippen LogP contribution in [-0.2, 0) is 14.3 Å². The van der Waals surface area contributed by atoms with Crippen molar-refractivity contribution in [2.24, 2.45) is 0 Å². The number of nitrogens with zero attached hydrogens (tertiary/aromatic N) is 1. The maximum Gasteiger partial charge on any atom is 0.414 e. The van der Waals surface area contributed by atoms with Gasteiger partial charge in [-0.25, -0.2) is 9.59 Å². The second-order valence-electron chi connectivity index (χ2n) is 2.77. The Morgan fingerprint density at radius 1 is 1.36 bits per heavy atom. The number of ether oxygens (including phenoxy) is 2. The summed E-state index contributed by atoms with van der Waals surface area (Å²) in [5.74, 6) is -0.307. The Kier molecular flexibility index (Phi) is 5.36. The number of esters is 1. The summed E-state index contributed by atoms with van der Waals surface area (Å²) in [4.78, 5) is 23.2. The minimum Gasteiger partial charge on any atom is -0.463 e. The Balaban J connectivity index is 4.13. The topological polar surface area (TPSA) is 55.8 Å². The summed E-state index contributed by atoms with van der Waals surface area (Å²) < 4.78 is 9.41. The van der Waals surface area contributed by atoms with Gasteiger partial charge in [-0.05, 0) is 13.8 Å². The zero-order valence-corrected chi connectivity index (χ0v) is 8.86. The van der Waals surface area contributed by atoms with Gasteiger partial charge in [0, 0.05) is 14.1 Å². The second kappa shape index (κ2) is 6.01. The minimum atomic E-state index is -0.525. The molecular formula is C9H15NO4. The zero-order chi connectivity index (χ0) is 11.1. The van der Waals surface area contributed by atoms with Crippen molar-refractivity contribution in [3.8, 4) is 0 Å². The maximum atomic E-state index is 11.0. The molecule has 0 aromatic heterocycles. The molecule has 0 aliphatic heterocycles. The van der Waals surface area contributed by atoms with Crippen LogP contribution >= 0.6 is 0 Å². The molecule has 0 fully saturated rings. The van der Waals surface area contributed by atoms with Crippen LogP contribution in [0.4, 0.5) is 4.79 Å². The Bertz CT molecular complexity index is 245. The van der Waals surface area contributed by atoms with Crippen molar-refractivity contribution in [1.29, 1.82) is 0 Å². The molecule has 0 aliphatic rings. The van der Waals surface area contributed by atoms with Crippen molar-refractivity contribution >= 4 is 12.1 Å². The van der Waals surface area contributed by atoms with E-state index in [4.69, 9.17) is 4.74 Å². The van der Waals surface area contributed by atoms with Gasteiger partial charge in [-0.1, -0.05) is 0 Å². The molecule has 0 atom stereocenters. The van der Waals surface area contributed by atoms with Gasteiger partial charge in [0.2, 0.25) is 0 Å². The third-order valence-corrected chi connectivity index (χ3v) is 1.22. The first-order chi connectivity index (χ1) is 6.47. The van der Waals surface area contributed by atoms with Crippen molar-refractivity contribution in [1.82, 2.24) is 4.90 Å². The van der Waals surface area contributed by atoms with Crippen molar-refractivity contribution in [2.75, 3.05) is 20.7 Å². The number of allylic oxidation sites excluding steroid dienone is 1. The van der Waals surface area contributed by atoms with E-state index in [1.165, 1.54) is 11.8 Å². The molecule has 0 saturated carbocycles. The van der Waals surface area contributed by atoms with Crippen LogP contribution in [0, 0.1) is 0 Å². The van der Waals surface area contributed by atoms with Gasteiger partial charge < -0.3 is 14.4 Å². The highest BCUT2D eigenvalue weighted by molar-refractivity contribution is 5.83. The first-order valence-electron chi connectivity index (χ1n) is 4.21. The molecule has 0 heterocycles. The SMILES string of the molecule is CCOC(=O)/C=C(\C)OC(=O)N(C)C. The van der Waals surface area contributed by atoms with Gasteiger partial charge in [0.05, 0.1) is 12.7 Å². The number of carbonyl (C=O) groups is 2. The fraction of sp³-hybridized carbons (Fsp3) is 0.556. The molecule has 0 radical (unpaired) electrons.